The van der Waals surface area contributed by atoms with Gasteiger partial charge in [-0.05, 0) is 37.3 Å². The predicted octanol–water partition coefficient (Wildman–Crippen LogP) is 3.91. The van der Waals surface area contributed by atoms with Crippen LogP contribution in [0.1, 0.15) is 24.2 Å². The highest BCUT2D eigenvalue weighted by Crippen LogP contribution is 2.38. The van der Waals surface area contributed by atoms with Crippen LogP contribution in [0, 0.1) is 22.1 Å². The molecule has 0 bridgehead atoms. The second kappa shape index (κ2) is 10.7. The normalized spacial score (nSPS) is 15.0. The van der Waals surface area contributed by atoms with Crippen molar-refractivity contribution in [2.45, 2.75) is 19.1 Å². The molecule has 11 nitrogen and oxygen atoms in total. The van der Waals surface area contributed by atoms with E-state index in [0.717, 1.165) is 24.8 Å². The standard InChI is InChI=1S/C26H22FN7O4/c1-15(13-28)38-24-5-4-21(31-32-24)26(33-36)19-11-18(20(27)12-23(19)35)25-17-3-2-16(10-22(17)29-14-30-25)34-6-8-37-9-7-34/h2-5,10-12,14-15,26,35H,6-9H2,1H3. The van der Waals surface area contributed by atoms with Crippen molar-refractivity contribution in [2.75, 3.05) is 31.2 Å². The molecule has 5 rings (SSSR count). The summed E-state index contributed by atoms with van der Waals surface area (Å²) in [7, 11) is 0. The summed E-state index contributed by atoms with van der Waals surface area (Å²) in [4.78, 5) is 22.7. The lowest BCUT2D eigenvalue weighted by Gasteiger charge is -2.29. The van der Waals surface area contributed by atoms with Gasteiger partial charge in [-0.25, -0.2) is 14.4 Å². The summed E-state index contributed by atoms with van der Waals surface area (Å²) in [5.74, 6) is -1.11. The van der Waals surface area contributed by atoms with Crippen LogP contribution in [0.2, 0.25) is 0 Å². The van der Waals surface area contributed by atoms with E-state index in [9.17, 15) is 10.0 Å². The lowest BCUT2D eigenvalue weighted by Crippen LogP contribution is -2.36. The molecule has 1 aliphatic rings. The number of aromatic nitrogens is 4. The minimum atomic E-state index is -1.29. The molecule has 1 fully saturated rings. The van der Waals surface area contributed by atoms with Crippen molar-refractivity contribution < 1.29 is 19.0 Å². The fourth-order valence-electron chi connectivity index (χ4n) is 4.27. The number of phenolic OH excluding ortho intramolecular Hbond substituents is 1. The monoisotopic (exact) mass is 515 g/mol. The summed E-state index contributed by atoms with van der Waals surface area (Å²) in [6.45, 7) is 4.34. The van der Waals surface area contributed by atoms with E-state index in [-0.39, 0.29) is 22.7 Å². The third-order valence-electron chi connectivity index (χ3n) is 6.19. The Bertz CT molecular complexity index is 1520. The van der Waals surface area contributed by atoms with E-state index in [1.54, 1.807) is 6.92 Å². The number of benzene rings is 2. The van der Waals surface area contributed by atoms with Crippen LogP contribution in [0.25, 0.3) is 22.2 Å². The van der Waals surface area contributed by atoms with Gasteiger partial charge in [-0.15, -0.1) is 15.1 Å². The number of rotatable bonds is 7. The molecule has 0 radical (unpaired) electrons. The highest BCUT2D eigenvalue weighted by Gasteiger charge is 2.25. The molecule has 0 aliphatic carbocycles. The van der Waals surface area contributed by atoms with Gasteiger partial charge in [-0.1, -0.05) is 5.18 Å². The molecule has 192 valence electrons. The van der Waals surface area contributed by atoms with Crippen molar-refractivity contribution in [1.82, 2.24) is 20.2 Å². The molecule has 0 saturated carbocycles. The van der Waals surface area contributed by atoms with Gasteiger partial charge in [-0.3, -0.25) is 0 Å². The van der Waals surface area contributed by atoms with E-state index in [1.165, 1.54) is 24.5 Å². The van der Waals surface area contributed by atoms with Gasteiger partial charge < -0.3 is 19.5 Å². The average molecular weight is 516 g/mol. The maximum absolute atomic E-state index is 15.2. The van der Waals surface area contributed by atoms with Crippen LogP contribution in [0.4, 0.5) is 10.1 Å². The summed E-state index contributed by atoms with van der Waals surface area (Å²) in [5, 5.41) is 31.0. The molecular formula is C26H22FN7O4. The van der Waals surface area contributed by atoms with E-state index in [2.05, 4.69) is 30.2 Å². The summed E-state index contributed by atoms with van der Waals surface area (Å²) in [6.07, 6.45) is 0.598. The van der Waals surface area contributed by atoms with Gasteiger partial charge >= 0.3 is 0 Å². The number of anilines is 1. The Hall–Kier alpha value is -4.76. The van der Waals surface area contributed by atoms with Gasteiger partial charge in [0, 0.05) is 47.4 Å². The Morgan fingerprint density at radius 3 is 2.68 bits per heavy atom. The summed E-state index contributed by atoms with van der Waals surface area (Å²) < 4.78 is 25.9. The summed E-state index contributed by atoms with van der Waals surface area (Å²) >= 11 is 0. The average Bonchev–Trinajstić information content (AvgIpc) is 2.95. The topological polar surface area (TPSA) is 147 Å². The van der Waals surface area contributed by atoms with Crippen molar-refractivity contribution in [3.05, 3.63) is 70.8 Å². The Morgan fingerprint density at radius 2 is 1.97 bits per heavy atom. The minimum absolute atomic E-state index is 0.0291. The third kappa shape index (κ3) is 4.91. The first-order chi connectivity index (χ1) is 18.5. The maximum atomic E-state index is 15.2. The zero-order valence-electron chi connectivity index (χ0n) is 20.3. The van der Waals surface area contributed by atoms with Crippen molar-refractivity contribution >= 4 is 16.6 Å². The molecule has 0 spiro atoms. The predicted molar refractivity (Wildman–Crippen MR) is 135 cm³/mol. The SMILES string of the molecule is CC(C#N)Oc1ccc(C(N=O)c2cc(-c3ncnc4cc(N5CCOCC5)ccc34)c(F)cc2O)nn1. The number of morpholine rings is 1. The Kier molecular flexibility index (Phi) is 7.01. The second-order valence-corrected chi connectivity index (χ2v) is 8.61. The van der Waals surface area contributed by atoms with Crippen molar-refractivity contribution in [1.29, 1.82) is 5.26 Å². The van der Waals surface area contributed by atoms with Crippen molar-refractivity contribution in [3.63, 3.8) is 0 Å². The fourth-order valence-corrected chi connectivity index (χ4v) is 4.27. The number of halogens is 1. The van der Waals surface area contributed by atoms with Crippen LogP contribution in [-0.2, 0) is 4.74 Å². The van der Waals surface area contributed by atoms with Crippen LogP contribution < -0.4 is 9.64 Å². The summed E-state index contributed by atoms with van der Waals surface area (Å²) in [6, 6.07) is 11.4. The second-order valence-electron chi connectivity index (χ2n) is 8.61. The Labute approximate surface area is 216 Å². The van der Waals surface area contributed by atoms with Crippen LogP contribution in [0.15, 0.2) is 54.0 Å². The number of hydrogen-bond acceptors (Lipinski definition) is 11. The molecule has 2 atom stereocenters. The van der Waals surface area contributed by atoms with Crippen LogP contribution in [-0.4, -0.2) is 57.7 Å². The molecule has 3 heterocycles. The first kappa shape index (κ1) is 24.9. The number of ether oxygens (including phenoxy) is 2. The third-order valence-corrected chi connectivity index (χ3v) is 6.19. The van der Waals surface area contributed by atoms with Gasteiger partial charge in [0.15, 0.2) is 12.1 Å². The number of aromatic hydroxyl groups is 1. The van der Waals surface area contributed by atoms with E-state index in [0.29, 0.717) is 29.8 Å². The largest absolute Gasteiger partial charge is 0.507 e. The summed E-state index contributed by atoms with van der Waals surface area (Å²) in [5.41, 5.74) is 2.08. The first-order valence-corrected chi connectivity index (χ1v) is 11.8. The lowest BCUT2D eigenvalue weighted by molar-refractivity contribution is 0.122. The molecule has 1 N–H and O–H groups in total. The number of phenols is 1. The molecule has 2 aromatic carbocycles. The molecule has 12 heteroatoms. The number of fused-ring (bicyclic) bond motifs is 1. The highest BCUT2D eigenvalue weighted by atomic mass is 19.1. The molecule has 38 heavy (non-hydrogen) atoms. The Morgan fingerprint density at radius 1 is 1.16 bits per heavy atom. The van der Waals surface area contributed by atoms with Crippen LogP contribution in [0.5, 0.6) is 11.6 Å². The molecule has 1 saturated heterocycles. The molecule has 1 aliphatic heterocycles. The number of nitrogens with zero attached hydrogens (tertiary/aromatic N) is 7. The molecular weight excluding hydrogens is 493 g/mol. The number of nitroso groups, excluding NO2 is 1. The molecule has 0 amide bonds. The molecule has 2 aromatic heterocycles. The minimum Gasteiger partial charge on any atom is -0.507 e. The van der Waals surface area contributed by atoms with E-state index >= 15 is 4.39 Å². The van der Waals surface area contributed by atoms with Gasteiger partial charge in [0.05, 0.1) is 30.1 Å². The van der Waals surface area contributed by atoms with Gasteiger partial charge in [0.1, 0.15) is 24.0 Å². The van der Waals surface area contributed by atoms with Crippen molar-refractivity contribution in [3.8, 4) is 29.0 Å². The van der Waals surface area contributed by atoms with E-state index < -0.39 is 23.7 Å². The smallest absolute Gasteiger partial charge is 0.234 e. The number of nitriles is 1. The van der Waals surface area contributed by atoms with Crippen molar-refractivity contribution in [2.24, 2.45) is 5.18 Å². The highest BCUT2D eigenvalue weighted by molar-refractivity contribution is 5.94. The number of hydrogen-bond donors (Lipinski definition) is 1. The van der Waals surface area contributed by atoms with Gasteiger partial charge in [0.25, 0.3) is 0 Å². The fraction of sp³-hybridized carbons (Fsp3) is 0.269. The zero-order chi connectivity index (χ0) is 26.6. The van der Waals surface area contributed by atoms with Crippen LogP contribution >= 0.6 is 0 Å². The molecule has 2 unspecified atom stereocenters. The quantitative estimate of drug-likeness (QED) is 0.359. The zero-order valence-corrected chi connectivity index (χ0v) is 20.3. The first-order valence-electron chi connectivity index (χ1n) is 11.8. The van der Waals surface area contributed by atoms with E-state index in [4.69, 9.17) is 14.7 Å². The van der Waals surface area contributed by atoms with Gasteiger partial charge in [-0.2, -0.15) is 5.26 Å². The van der Waals surface area contributed by atoms with Gasteiger partial charge in [0.2, 0.25) is 5.88 Å². The maximum Gasteiger partial charge on any atom is 0.234 e. The molecule has 4 aromatic rings. The Balaban J connectivity index is 1.52. The van der Waals surface area contributed by atoms with Crippen LogP contribution in [0.3, 0.4) is 0 Å². The lowest BCUT2D eigenvalue weighted by atomic mass is 9.97. The van der Waals surface area contributed by atoms with E-state index in [1.807, 2.05) is 24.3 Å².